The van der Waals surface area contributed by atoms with E-state index in [1.165, 1.54) is 10.7 Å². The second-order valence-corrected chi connectivity index (χ2v) is 3.56. The maximum Gasteiger partial charge on any atom is 0.266 e. The quantitative estimate of drug-likeness (QED) is 0.765. The Labute approximate surface area is 93.6 Å². The largest absolute Gasteiger partial charge is 0.268 e. The van der Waals surface area contributed by atoms with Crippen LogP contribution in [-0.4, -0.2) is 14.8 Å². The summed E-state index contributed by atoms with van der Waals surface area (Å²) in [4.78, 5) is 15.6. The summed E-state index contributed by atoms with van der Waals surface area (Å²) >= 11 is 0. The molecule has 0 saturated heterocycles. The van der Waals surface area contributed by atoms with Gasteiger partial charge < -0.3 is 0 Å². The molecule has 0 aliphatic carbocycles. The maximum atomic E-state index is 11.4. The van der Waals surface area contributed by atoms with E-state index in [1.807, 2.05) is 26.0 Å². The first-order chi connectivity index (χ1) is 7.70. The van der Waals surface area contributed by atoms with Crippen LogP contribution >= 0.6 is 0 Å². The highest BCUT2D eigenvalue weighted by molar-refractivity contribution is 5.56. The van der Waals surface area contributed by atoms with Gasteiger partial charge in [-0.05, 0) is 32.0 Å². The van der Waals surface area contributed by atoms with E-state index >= 15 is 0 Å². The van der Waals surface area contributed by atoms with Crippen molar-refractivity contribution in [1.29, 1.82) is 0 Å². The standard InChI is InChI=1S/C12H13N3O/c1-3-15-12(16)7-6-11(14-15)10-5-4-9(2)13-8-10/h4-8H,3H2,1-2H3. The van der Waals surface area contributed by atoms with Gasteiger partial charge in [0.2, 0.25) is 0 Å². The predicted octanol–water partition coefficient (Wildman–Crippen LogP) is 1.63. The fourth-order valence-electron chi connectivity index (χ4n) is 1.45. The van der Waals surface area contributed by atoms with E-state index in [9.17, 15) is 4.79 Å². The molecular formula is C12H13N3O. The Morgan fingerprint density at radius 3 is 2.69 bits per heavy atom. The summed E-state index contributed by atoms with van der Waals surface area (Å²) in [5.74, 6) is 0. The smallest absolute Gasteiger partial charge is 0.266 e. The molecule has 0 unspecified atom stereocenters. The Hall–Kier alpha value is -1.97. The minimum Gasteiger partial charge on any atom is -0.268 e. The molecule has 0 aromatic carbocycles. The maximum absolute atomic E-state index is 11.4. The van der Waals surface area contributed by atoms with Crippen molar-refractivity contribution in [2.24, 2.45) is 0 Å². The number of pyridine rings is 1. The molecule has 4 nitrogen and oxygen atoms in total. The van der Waals surface area contributed by atoms with Gasteiger partial charge in [0.05, 0.1) is 5.69 Å². The molecule has 0 aliphatic heterocycles. The highest BCUT2D eigenvalue weighted by Gasteiger charge is 2.02. The van der Waals surface area contributed by atoms with Gasteiger partial charge in [-0.1, -0.05) is 0 Å². The van der Waals surface area contributed by atoms with Gasteiger partial charge in [0.1, 0.15) is 0 Å². The average Bonchev–Trinajstić information content (AvgIpc) is 2.31. The molecule has 0 bridgehead atoms. The van der Waals surface area contributed by atoms with Crippen LogP contribution in [0.5, 0.6) is 0 Å². The first kappa shape index (κ1) is 10.5. The molecule has 82 valence electrons. The second kappa shape index (κ2) is 4.26. The average molecular weight is 215 g/mol. The van der Waals surface area contributed by atoms with Crippen molar-refractivity contribution in [1.82, 2.24) is 14.8 Å². The van der Waals surface area contributed by atoms with Crippen LogP contribution in [0, 0.1) is 6.92 Å². The molecule has 0 atom stereocenters. The number of hydrogen-bond donors (Lipinski definition) is 0. The molecule has 0 N–H and O–H groups in total. The van der Waals surface area contributed by atoms with Gasteiger partial charge in [0, 0.05) is 30.1 Å². The molecule has 0 spiro atoms. The number of hydrogen-bond acceptors (Lipinski definition) is 3. The molecule has 0 radical (unpaired) electrons. The topological polar surface area (TPSA) is 47.8 Å². The van der Waals surface area contributed by atoms with Crippen LogP contribution < -0.4 is 5.56 Å². The van der Waals surface area contributed by atoms with E-state index in [4.69, 9.17) is 0 Å². The Balaban J connectivity index is 2.48. The van der Waals surface area contributed by atoms with Gasteiger partial charge in [-0.25, -0.2) is 4.68 Å². The van der Waals surface area contributed by atoms with Crippen molar-refractivity contribution >= 4 is 0 Å². The predicted molar refractivity (Wildman–Crippen MR) is 62.1 cm³/mol. The third-order valence-corrected chi connectivity index (χ3v) is 2.37. The van der Waals surface area contributed by atoms with E-state index in [0.29, 0.717) is 6.54 Å². The lowest BCUT2D eigenvalue weighted by molar-refractivity contribution is 0.619. The lowest BCUT2D eigenvalue weighted by atomic mass is 10.2. The summed E-state index contributed by atoms with van der Waals surface area (Å²) in [5, 5.41) is 4.25. The summed E-state index contributed by atoms with van der Waals surface area (Å²) in [6, 6.07) is 7.14. The molecule has 0 aliphatic rings. The summed E-state index contributed by atoms with van der Waals surface area (Å²) in [6.45, 7) is 4.40. The van der Waals surface area contributed by atoms with Crippen LogP contribution in [-0.2, 0) is 6.54 Å². The molecule has 2 aromatic rings. The van der Waals surface area contributed by atoms with Gasteiger partial charge >= 0.3 is 0 Å². The zero-order valence-electron chi connectivity index (χ0n) is 9.34. The van der Waals surface area contributed by atoms with Crippen LogP contribution in [0.15, 0.2) is 35.3 Å². The fourth-order valence-corrected chi connectivity index (χ4v) is 1.45. The van der Waals surface area contributed by atoms with Crippen molar-refractivity contribution in [3.8, 4) is 11.3 Å². The lowest BCUT2D eigenvalue weighted by Crippen LogP contribution is -2.20. The fraction of sp³-hybridized carbons (Fsp3) is 0.250. The van der Waals surface area contributed by atoms with Crippen molar-refractivity contribution in [2.75, 3.05) is 0 Å². The summed E-state index contributed by atoms with van der Waals surface area (Å²) in [7, 11) is 0. The summed E-state index contributed by atoms with van der Waals surface area (Å²) in [5.41, 5.74) is 2.58. The van der Waals surface area contributed by atoms with E-state index in [-0.39, 0.29) is 5.56 Å². The van der Waals surface area contributed by atoms with Crippen molar-refractivity contribution in [3.05, 3.63) is 46.5 Å². The molecular weight excluding hydrogens is 202 g/mol. The van der Waals surface area contributed by atoms with Gasteiger partial charge in [0.25, 0.3) is 5.56 Å². The Morgan fingerprint density at radius 2 is 2.06 bits per heavy atom. The summed E-state index contributed by atoms with van der Waals surface area (Å²) < 4.78 is 1.44. The lowest BCUT2D eigenvalue weighted by Gasteiger charge is -2.04. The number of rotatable bonds is 2. The third kappa shape index (κ3) is 2.00. The van der Waals surface area contributed by atoms with Gasteiger partial charge in [-0.2, -0.15) is 5.10 Å². The Bertz CT molecular complexity index is 543. The van der Waals surface area contributed by atoms with Crippen LogP contribution in [0.1, 0.15) is 12.6 Å². The molecule has 0 fully saturated rings. The van der Waals surface area contributed by atoms with E-state index in [1.54, 1.807) is 12.3 Å². The van der Waals surface area contributed by atoms with E-state index in [2.05, 4.69) is 10.1 Å². The van der Waals surface area contributed by atoms with E-state index in [0.717, 1.165) is 17.0 Å². The SMILES string of the molecule is CCn1nc(-c2ccc(C)nc2)ccc1=O. The molecule has 2 aromatic heterocycles. The zero-order valence-corrected chi connectivity index (χ0v) is 9.34. The second-order valence-electron chi connectivity index (χ2n) is 3.56. The number of aryl methyl sites for hydroxylation is 2. The Morgan fingerprint density at radius 1 is 1.25 bits per heavy atom. The molecule has 0 amide bonds. The zero-order chi connectivity index (χ0) is 11.5. The first-order valence-electron chi connectivity index (χ1n) is 5.22. The van der Waals surface area contributed by atoms with Crippen molar-refractivity contribution in [2.45, 2.75) is 20.4 Å². The highest BCUT2D eigenvalue weighted by Crippen LogP contribution is 2.13. The normalized spacial score (nSPS) is 10.4. The van der Waals surface area contributed by atoms with Gasteiger partial charge in [-0.15, -0.1) is 0 Å². The molecule has 16 heavy (non-hydrogen) atoms. The van der Waals surface area contributed by atoms with E-state index < -0.39 is 0 Å². The molecule has 2 heterocycles. The highest BCUT2D eigenvalue weighted by atomic mass is 16.1. The number of aromatic nitrogens is 3. The van der Waals surface area contributed by atoms with Crippen molar-refractivity contribution in [3.63, 3.8) is 0 Å². The van der Waals surface area contributed by atoms with Gasteiger partial charge in [0.15, 0.2) is 0 Å². The molecule has 2 rings (SSSR count). The van der Waals surface area contributed by atoms with Crippen LogP contribution in [0.25, 0.3) is 11.3 Å². The molecule has 4 heteroatoms. The minimum absolute atomic E-state index is 0.0775. The monoisotopic (exact) mass is 215 g/mol. The summed E-state index contributed by atoms with van der Waals surface area (Å²) in [6.07, 6.45) is 1.77. The Kier molecular flexibility index (Phi) is 2.81. The number of nitrogens with zero attached hydrogens (tertiary/aromatic N) is 3. The third-order valence-electron chi connectivity index (χ3n) is 2.37. The first-order valence-corrected chi connectivity index (χ1v) is 5.22. The van der Waals surface area contributed by atoms with Gasteiger partial charge in [-0.3, -0.25) is 9.78 Å². The van der Waals surface area contributed by atoms with Crippen LogP contribution in [0.3, 0.4) is 0 Å². The molecule has 0 saturated carbocycles. The van der Waals surface area contributed by atoms with Crippen LogP contribution in [0.2, 0.25) is 0 Å². The minimum atomic E-state index is -0.0775. The van der Waals surface area contributed by atoms with Crippen molar-refractivity contribution < 1.29 is 0 Å². The van der Waals surface area contributed by atoms with Crippen LogP contribution in [0.4, 0.5) is 0 Å².